The van der Waals surface area contributed by atoms with Crippen LogP contribution in [0.1, 0.15) is 37.9 Å². The smallest absolute Gasteiger partial charge is 0.0193 e. The van der Waals surface area contributed by atoms with Crippen molar-refractivity contribution < 1.29 is 0 Å². The summed E-state index contributed by atoms with van der Waals surface area (Å²) in [5.74, 6) is 0. The van der Waals surface area contributed by atoms with Gasteiger partial charge in [-0.15, -0.1) is 0 Å². The SMILES string of the molecule is CCCCc1cc(C)cn1CC. The molecule has 0 aromatic carbocycles. The molecular formula is C11H19N. The summed E-state index contributed by atoms with van der Waals surface area (Å²) in [7, 11) is 0. The molecule has 0 aliphatic heterocycles. The largest absolute Gasteiger partial charge is 0.351 e. The van der Waals surface area contributed by atoms with Crippen molar-refractivity contribution >= 4 is 0 Å². The maximum absolute atomic E-state index is 2.35. The highest BCUT2D eigenvalue weighted by Crippen LogP contribution is 2.10. The van der Waals surface area contributed by atoms with Crippen LogP contribution in [-0.2, 0) is 13.0 Å². The minimum absolute atomic E-state index is 1.10. The topological polar surface area (TPSA) is 4.93 Å². The van der Waals surface area contributed by atoms with Crippen LogP contribution in [0.3, 0.4) is 0 Å². The Labute approximate surface area is 75.4 Å². The Kier molecular flexibility index (Phi) is 3.39. The molecule has 1 aromatic rings. The Morgan fingerprint density at radius 1 is 1.33 bits per heavy atom. The van der Waals surface area contributed by atoms with E-state index in [9.17, 15) is 0 Å². The second-order valence-corrected chi connectivity index (χ2v) is 3.40. The predicted molar refractivity (Wildman–Crippen MR) is 53.5 cm³/mol. The van der Waals surface area contributed by atoms with Gasteiger partial charge in [-0.05, 0) is 38.3 Å². The summed E-state index contributed by atoms with van der Waals surface area (Å²) in [6.45, 7) is 7.72. The number of aryl methyl sites for hydroxylation is 3. The molecule has 0 atom stereocenters. The van der Waals surface area contributed by atoms with Crippen LogP contribution in [0.2, 0.25) is 0 Å². The molecule has 0 unspecified atom stereocenters. The normalized spacial score (nSPS) is 10.6. The summed E-state index contributed by atoms with van der Waals surface area (Å²) in [6, 6.07) is 2.30. The zero-order chi connectivity index (χ0) is 8.97. The molecular weight excluding hydrogens is 146 g/mol. The molecule has 0 amide bonds. The van der Waals surface area contributed by atoms with Gasteiger partial charge in [-0.1, -0.05) is 13.3 Å². The monoisotopic (exact) mass is 165 g/mol. The molecule has 1 aromatic heterocycles. The third-order valence-corrected chi connectivity index (χ3v) is 2.25. The van der Waals surface area contributed by atoms with E-state index in [1.165, 1.54) is 30.5 Å². The van der Waals surface area contributed by atoms with Crippen molar-refractivity contribution in [3.63, 3.8) is 0 Å². The summed E-state index contributed by atoms with van der Waals surface area (Å²) in [6.07, 6.45) is 6.07. The van der Waals surface area contributed by atoms with Crippen molar-refractivity contribution in [1.82, 2.24) is 4.57 Å². The number of aromatic nitrogens is 1. The van der Waals surface area contributed by atoms with Gasteiger partial charge in [0.25, 0.3) is 0 Å². The van der Waals surface area contributed by atoms with E-state index >= 15 is 0 Å². The standard InChI is InChI=1S/C11H19N/c1-4-6-7-11-8-10(3)9-12(11)5-2/h8-9H,4-7H2,1-3H3. The predicted octanol–water partition coefficient (Wildman–Crippen LogP) is 3.16. The third-order valence-electron chi connectivity index (χ3n) is 2.25. The summed E-state index contributed by atoms with van der Waals surface area (Å²) >= 11 is 0. The fourth-order valence-electron chi connectivity index (χ4n) is 1.58. The van der Waals surface area contributed by atoms with Gasteiger partial charge in [0.15, 0.2) is 0 Å². The van der Waals surface area contributed by atoms with Crippen molar-refractivity contribution in [1.29, 1.82) is 0 Å². The summed E-state index contributed by atoms with van der Waals surface area (Å²) in [5, 5.41) is 0. The number of rotatable bonds is 4. The number of nitrogens with zero attached hydrogens (tertiary/aromatic N) is 1. The average molecular weight is 165 g/mol. The molecule has 0 spiro atoms. The summed E-state index contributed by atoms with van der Waals surface area (Å²) < 4.78 is 2.35. The zero-order valence-electron chi connectivity index (χ0n) is 8.43. The Bertz CT molecular complexity index is 235. The molecule has 0 aliphatic rings. The molecule has 1 nitrogen and oxygen atoms in total. The fraction of sp³-hybridized carbons (Fsp3) is 0.636. The van der Waals surface area contributed by atoms with E-state index in [4.69, 9.17) is 0 Å². The molecule has 1 heterocycles. The van der Waals surface area contributed by atoms with E-state index in [1.807, 2.05) is 0 Å². The van der Waals surface area contributed by atoms with Crippen molar-refractivity contribution in [2.24, 2.45) is 0 Å². The van der Waals surface area contributed by atoms with E-state index in [-0.39, 0.29) is 0 Å². The van der Waals surface area contributed by atoms with Crippen LogP contribution in [0, 0.1) is 6.92 Å². The number of hydrogen-bond acceptors (Lipinski definition) is 0. The molecule has 68 valence electrons. The van der Waals surface area contributed by atoms with E-state index < -0.39 is 0 Å². The van der Waals surface area contributed by atoms with E-state index in [2.05, 4.69) is 37.6 Å². The van der Waals surface area contributed by atoms with Gasteiger partial charge in [-0.2, -0.15) is 0 Å². The first-order chi connectivity index (χ1) is 5.77. The molecule has 0 fully saturated rings. The highest BCUT2D eigenvalue weighted by atomic mass is 15.0. The van der Waals surface area contributed by atoms with Gasteiger partial charge in [-0.3, -0.25) is 0 Å². The van der Waals surface area contributed by atoms with Gasteiger partial charge in [-0.25, -0.2) is 0 Å². The first-order valence-corrected chi connectivity index (χ1v) is 4.93. The lowest BCUT2D eigenvalue weighted by atomic mass is 10.2. The lowest BCUT2D eigenvalue weighted by molar-refractivity contribution is 0.679. The van der Waals surface area contributed by atoms with Gasteiger partial charge >= 0.3 is 0 Å². The average Bonchev–Trinajstić information content (AvgIpc) is 2.42. The molecule has 1 heteroatoms. The Morgan fingerprint density at radius 2 is 2.08 bits per heavy atom. The minimum atomic E-state index is 1.10. The van der Waals surface area contributed by atoms with Crippen LogP contribution in [0.5, 0.6) is 0 Å². The van der Waals surface area contributed by atoms with E-state index in [0.717, 1.165) is 6.54 Å². The Hall–Kier alpha value is -0.720. The highest BCUT2D eigenvalue weighted by molar-refractivity contribution is 5.17. The highest BCUT2D eigenvalue weighted by Gasteiger charge is 2.00. The van der Waals surface area contributed by atoms with Crippen LogP contribution in [0.4, 0.5) is 0 Å². The molecule has 1 rings (SSSR count). The Morgan fingerprint density at radius 3 is 2.67 bits per heavy atom. The van der Waals surface area contributed by atoms with Crippen LogP contribution < -0.4 is 0 Å². The van der Waals surface area contributed by atoms with E-state index in [0.29, 0.717) is 0 Å². The van der Waals surface area contributed by atoms with Gasteiger partial charge in [0.2, 0.25) is 0 Å². The first-order valence-electron chi connectivity index (χ1n) is 4.93. The minimum Gasteiger partial charge on any atom is -0.351 e. The van der Waals surface area contributed by atoms with Crippen LogP contribution in [0.15, 0.2) is 12.3 Å². The van der Waals surface area contributed by atoms with Crippen LogP contribution in [-0.4, -0.2) is 4.57 Å². The molecule has 0 radical (unpaired) electrons. The van der Waals surface area contributed by atoms with Crippen molar-refractivity contribution in [2.75, 3.05) is 0 Å². The lowest BCUT2D eigenvalue weighted by Crippen LogP contribution is -1.98. The lowest BCUT2D eigenvalue weighted by Gasteiger charge is -2.04. The van der Waals surface area contributed by atoms with Gasteiger partial charge in [0.05, 0.1) is 0 Å². The molecule has 0 saturated carbocycles. The quantitative estimate of drug-likeness (QED) is 0.646. The molecule has 0 saturated heterocycles. The van der Waals surface area contributed by atoms with Crippen LogP contribution in [0.25, 0.3) is 0 Å². The molecule has 12 heavy (non-hydrogen) atoms. The summed E-state index contributed by atoms with van der Waals surface area (Å²) in [4.78, 5) is 0. The zero-order valence-corrected chi connectivity index (χ0v) is 8.43. The van der Waals surface area contributed by atoms with Crippen LogP contribution >= 0.6 is 0 Å². The Balaban J connectivity index is 2.68. The number of unbranched alkanes of at least 4 members (excludes halogenated alkanes) is 1. The second-order valence-electron chi connectivity index (χ2n) is 3.40. The summed E-state index contributed by atoms with van der Waals surface area (Å²) in [5.41, 5.74) is 2.89. The van der Waals surface area contributed by atoms with E-state index in [1.54, 1.807) is 0 Å². The third kappa shape index (κ3) is 2.13. The maximum atomic E-state index is 2.35. The maximum Gasteiger partial charge on any atom is 0.0193 e. The second kappa shape index (κ2) is 4.34. The first kappa shape index (κ1) is 9.37. The molecule has 0 bridgehead atoms. The van der Waals surface area contributed by atoms with Crippen molar-refractivity contribution in [2.45, 2.75) is 46.6 Å². The fourth-order valence-corrected chi connectivity index (χ4v) is 1.58. The van der Waals surface area contributed by atoms with Gasteiger partial charge < -0.3 is 4.57 Å². The van der Waals surface area contributed by atoms with Gasteiger partial charge in [0, 0.05) is 18.4 Å². The van der Waals surface area contributed by atoms with Crippen molar-refractivity contribution in [3.8, 4) is 0 Å². The number of hydrogen-bond donors (Lipinski definition) is 0. The molecule has 0 N–H and O–H groups in total. The van der Waals surface area contributed by atoms with Crippen molar-refractivity contribution in [3.05, 3.63) is 23.5 Å². The molecule has 0 aliphatic carbocycles. The van der Waals surface area contributed by atoms with Gasteiger partial charge in [0.1, 0.15) is 0 Å².